The van der Waals surface area contributed by atoms with E-state index in [1.165, 1.54) is 71.0 Å². The van der Waals surface area contributed by atoms with Crippen LogP contribution < -0.4 is 0 Å². The summed E-state index contributed by atoms with van der Waals surface area (Å²) in [5.41, 5.74) is 0. The minimum atomic E-state index is 0.856. The number of nitrogens with zero attached hydrogens (tertiary/aromatic N) is 2. The molecule has 0 spiro atoms. The van der Waals surface area contributed by atoms with Gasteiger partial charge in [-0.15, -0.1) is 0 Å². The molecule has 0 unspecified atom stereocenters. The molecule has 2 aliphatic rings. The number of hydrogen-bond acceptors (Lipinski definition) is 2. The molecule has 0 N–H and O–H groups in total. The lowest BCUT2D eigenvalue weighted by Gasteiger charge is -2.35. The van der Waals surface area contributed by atoms with Gasteiger partial charge in [0.15, 0.2) is 0 Å². The monoisotopic (exact) mass is 238 g/mol. The second-order valence-electron chi connectivity index (χ2n) is 6.31. The zero-order valence-corrected chi connectivity index (χ0v) is 11.8. The normalized spacial score (nSPS) is 24.9. The van der Waals surface area contributed by atoms with Crippen LogP contribution in [0, 0.1) is 5.92 Å². The molecule has 0 aromatic heterocycles. The molecule has 1 saturated heterocycles. The first-order valence-corrected chi connectivity index (χ1v) is 7.64. The molecule has 2 heteroatoms. The van der Waals surface area contributed by atoms with Crippen molar-refractivity contribution in [2.45, 2.75) is 57.4 Å². The van der Waals surface area contributed by atoms with Crippen LogP contribution in [0.3, 0.4) is 0 Å². The summed E-state index contributed by atoms with van der Waals surface area (Å²) in [6, 6.07) is 0.856. The minimum absolute atomic E-state index is 0.856. The van der Waals surface area contributed by atoms with Gasteiger partial charge in [0.25, 0.3) is 0 Å². The Labute approximate surface area is 107 Å². The van der Waals surface area contributed by atoms with Crippen molar-refractivity contribution in [3.05, 3.63) is 0 Å². The van der Waals surface area contributed by atoms with Crippen molar-refractivity contribution >= 4 is 0 Å². The Morgan fingerprint density at radius 3 is 2.35 bits per heavy atom. The highest BCUT2D eigenvalue weighted by Gasteiger charge is 2.20. The second-order valence-corrected chi connectivity index (χ2v) is 6.31. The summed E-state index contributed by atoms with van der Waals surface area (Å²) in [5, 5.41) is 0. The number of likely N-dealkylation sites (tertiary alicyclic amines) is 1. The van der Waals surface area contributed by atoms with Gasteiger partial charge in [-0.1, -0.05) is 25.7 Å². The van der Waals surface area contributed by atoms with Gasteiger partial charge < -0.3 is 9.80 Å². The summed E-state index contributed by atoms with van der Waals surface area (Å²) >= 11 is 0. The lowest BCUT2D eigenvalue weighted by atomic mass is 10.0. The highest BCUT2D eigenvalue weighted by atomic mass is 15.2. The first-order valence-electron chi connectivity index (χ1n) is 7.64. The zero-order valence-electron chi connectivity index (χ0n) is 11.8. The Balaban J connectivity index is 1.58. The van der Waals surface area contributed by atoms with Crippen LogP contribution in [0.5, 0.6) is 0 Å². The van der Waals surface area contributed by atoms with E-state index in [0.29, 0.717) is 0 Å². The van der Waals surface area contributed by atoms with E-state index in [9.17, 15) is 0 Å². The topological polar surface area (TPSA) is 6.48 Å². The van der Waals surface area contributed by atoms with Crippen LogP contribution in [0.2, 0.25) is 0 Å². The maximum Gasteiger partial charge on any atom is 0.0117 e. The van der Waals surface area contributed by atoms with E-state index in [0.717, 1.165) is 12.0 Å². The van der Waals surface area contributed by atoms with Crippen LogP contribution in [0.15, 0.2) is 0 Å². The summed E-state index contributed by atoms with van der Waals surface area (Å²) in [5.74, 6) is 1.07. The molecule has 0 amide bonds. The van der Waals surface area contributed by atoms with Crippen molar-refractivity contribution < 1.29 is 0 Å². The van der Waals surface area contributed by atoms with Crippen molar-refractivity contribution in [2.24, 2.45) is 5.92 Å². The summed E-state index contributed by atoms with van der Waals surface area (Å²) in [4.78, 5) is 5.09. The van der Waals surface area contributed by atoms with E-state index in [1.54, 1.807) is 0 Å². The average Bonchev–Trinajstić information content (AvgIpc) is 2.83. The lowest BCUT2D eigenvalue weighted by molar-refractivity contribution is 0.141. The Morgan fingerprint density at radius 2 is 1.71 bits per heavy atom. The Bertz CT molecular complexity index is 203. The van der Waals surface area contributed by atoms with Crippen LogP contribution in [-0.4, -0.2) is 49.6 Å². The SMILES string of the molecule is CN1CCC(N(C)CCCC2CCCC2)CC1. The van der Waals surface area contributed by atoms with Gasteiger partial charge in [0.1, 0.15) is 0 Å². The smallest absolute Gasteiger partial charge is 0.0117 e. The van der Waals surface area contributed by atoms with E-state index in [4.69, 9.17) is 0 Å². The lowest BCUT2D eigenvalue weighted by Crippen LogP contribution is -2.42. The van der Waals surface area contributed by atoms with Crippen LogP contribution in [0.25, 0.3) is 0 Å². The molecule has 2 nitrogen and oxygen atoms in total. The van der Waals surface area contributed by atoms with Gasteiger partial charge in [-0.25, -0.2) is 0 Å². The van der Waals surface area contributed by atoms with E-state index in [-0.39, 0.29) is 0 Å². The molecule has 0 aromatic carbocycles. The molecule has 1 aliphatic carbocycles. The Kier molecular flexibility index (Phi) is 5.30. The third kappa shape index (κ3) is 4.26. The molecule has 2 fully saturated rings. The van der Waals surface area contributed by atoms with Gasteiger partial charge in [-0.3, -0.25) is 0 Å². The molecule has 1 heterocycles. The molecular weight excluding hydrogens is 208 g/mol. The second kappa shape index (κ2) is 6.75. The summed E-state index contributed by atoms with van der Waals surface area (Å²) in [6.45, 7) is 3.90. The standard InChI is InChI=1S/C15H30N2/c1-16-12-9-15(10-13-16)17(2)11-5-8-14-6-3-4-7-14/h14-15H,3-13H2,1-2H3. The molecule has 17 heavy (non-hydrogen) atoms. The van der Waals surface area contributed by atoms with Gasteiger partial charge in [0.2, 0.25) is 0 Å². The van der Waals surface area contributed by atoms with Crippen LogP contribution in [0.4, 0.5) is 0 Å². The van der Waals surface area contributed by atoms with Crippen LogP contribution in [-0.2, 0) is 0 Å². The maximum atomic E-state index is 2.63. The summed E-state index contributed by atoms with van der Waals surface area (Å²) in [6.07, 6.45) is 11.7. The van der Waals surface area contributed by atoms with Crippen LogP contribution >= 0.6 is 0 Å². The fraction of sp³-hybridized carbons (Fsp3) is 1.00. The molecule has 2 rings (SSSR count). The van der Waals surface area contributed by atoms with Gasteiger partial charge in [-0.05, 0) is 65.3 Å². The van der Waals surface area contributed by atoms with Crippen molar-refractivity contribution in [3.63, 3.8) is 0 Å². The van der Waals surface area contributed by atoms with Crippen molar-refractivity contribution in [2.75, 3.05) is 33.7 Å². The van der Waals surface area contributed by atoms with Crippen LogP contribution in [0.1, 0.15) is 51.4 Å². The van der Waals surface area contributed by atoms with E-state index in [1.807, 2.05) is 0 Å². The minimum Gasteiger partial charge on any atom is -0.306 e. The highest BCUT2D eigenvalue weighted by molar-refractivity contribution is 4.77. The average molecular weight is 238 g/mol. The van der Waals surface area contributed by atoms with Gasteiger partial charge in [-0.2, -0.15) is 0 Å². The molecule has 0 atom stereocenters. The molecule has 0 radical (unpaired) electrons. The third-order valence-corrected chi connectivity index (χ3v) is 4.91. The van der Waals surface area contributed by atoms with Crippen molar-refractivity contribution in [1.29, 1.82) is 0 Å². The number of hydrogen-bond donors (Lipinski definition) is 0. The highest BCUT2D eigenvalue weighted by Crippen LogP contribution is 2.28. The van der Waals surface area contributed by atoms with E-state index < -0.39 is 0 Å². The molecule has 0 bridgehead atoms. The fourth-order valence-corrected chi connectivity index (χ4v) is 3.55. The maximum absolute atomic E-state index is 2.63. The Morgan fingerprint density at radius 1 is 1.06 bits per heavy atom. The van der Waals surface area contributed by atoms with Gasteiger partial charge in [0.05, 0.1) is 0 Å². The quantitative estimate of drug-likeness (QED) is 0.726. The zero-order chi connectivity index (χ0) is 12.1. The van der Waals surface area contributed by atoms with Gasteiger partial charge >= 0.3 is 0 Å². The molecular formula is C15H30N2. The predicted octanol–water partition coefficient (Wildman–Crippen LogP) is 2.98. The molecule has 1 saturated carbocycles. The Hall–Kier alpha value is -0.0800. The van der Waals surface area contributed by atoms with Crippen molar-refractivity contribution in [3.8, 4) is 0 Å². The first-order chi connectivity index (χ1) is 8.25. The first kappa shape index (κ1) is 13.4. The summed E-state index contributed by atoms with van der Waals surface area (Å²) < 4.78 is 0. The van der Waals surface area contributed by atoms with E-state index >= 15 is 0 Å². The molecule has 100 valence electrons. The van der Waals surface area contributed by atoms with E-state index in [2.05, 4.69) is 23.9 Å². The van der Waals surface area contributed by atoms with Crippen molar-refractivity contribution in [1.82, 2.24) is 9.80 Å². The molecule has 0 aromatic rings. The predicted molar refractivity (Wildman–Crippen MR) is 74.3 cm³/mol. The molecule has 1 aliphatic heterocycles. The third-order valence-electron chi connectivity index (χ3n) is 4.91. The summed E-state index contributed by atoms with van der Waals surface area (Å²) in [7, 11) is 4.58. The number of rotatable bonds is 5. The number of piperidine rings is 1. The fourth-order valence-electron chi connectivity index (χ4n) is 3.55. The largest absolute Gasteiger partial charge is 0.306 e. The van der Waals surface area contributed by atoms with Gasteiger partial charge in [0, 0.05) is 6.04 Å².